The molecule has 0 radical (unpaired) electrons. The Hall–Kier alpha value is -1.05. The molecule has 0 fully saturated rings. The van der Waals surface area contributed by atoms with E-state index < -0.39 is 0 Å². The summed E-state index contributed by atoms with van der Waals surface area (Å²) in [6, 6.07) is 3.88. The molecule has 21 heavy (non-hydrogen) atoms. The van der Waals surface area contributed by atoms with E-state index in [1.807, 2.05) is 12.1 Å². The summed E-state index contributed by atoms with van der Waals surface area (Å²) in [4.78, 5) is 10.9. The third kappa shape index (κ3) is 7.50. The number of methoxy groups -OCH3 is 1. The summed E-state index contributed by atoms with van der Waals surface area (Å²) in [6.45, 7) is 6.79. The maximum absolute atomic E-state index is 5.12. The van der Waals surface area contributed by atoms with Gasteiger partial charge in [0.25, 0.3) is 0 Å². The van der Waals surface area contributed by atoms with Crippen LogP contribution in [0.3, 0.4) is 0 Å². The second-order valence-electron chi connectivity index (χ2n) is 4.65. The zero-order valence-corrected chi connectivity index (χ0v) is 15.8. The van der Waals surface area contributed by atoms with Crippen molar-refractivity contribution in [1.29, 1.82) is 0 Å². The largest absolute Gasteiger partial charge is 0.481 e. The quantitative estimate of drug-likeness (QED) is 0.430. The maximum atomic E-state index is 5.12. The number of nitrogens with one attached hydrogen (secondary N) is 1. The highest BCUT2D eigenvalue weighted by atomic mass is 127. The summed E-state index contributed by atoms with van der Waals surface area (Å²) >= 11 is 0. The molecule has 0 atom stereocenters. The molecule has 0 bridgehead atoms. The molecular formula is C15H27IN4O. The van der Waals surface area contributed by atoms with Gasteiger partial charge in [-0.05, 0) is 25.0 Å². The Morgan fingerprint density at radius 3 is 2.81 bits per heavy atom. The number of aliphatic imine (C=N–C) groups is 1. The van der Waals surface area contributed by atoms with Crippen molar-refractivity contribution in [2.24, 2.45) is 4.99 Å². The fourth-order valence-corrected chi connectivity index (χ4v) is 1.80. The molecule has 1 N–H and O–H groups in total. The molecule has 120 valence electrons. The van der Waals surface area contributed by atoms with E-state index in [0.717, 1.165) is 24.6 Å². The third-order valence-corrected chi connectivity index (χ3v) is 2.96. The van der Waals surface area contributed by atoms with Gasteiger partial charge in [0.1, 0.15) is 0 Å². The Bertz CT molecular complexity index is 426. The van der Waals surface area contributed by atoms with Crippen molar-refractivity contribution in [3.63, 3.8) is 0 Å². The van der Waals surface area contributed by atoms with Crippen LogP contribution < -0.4 is 10.1 Å². The van der Waals surface area contributed by atoms with E-state index in [-0.39, 0.29) is 24.0 Å². The van der Waals surface area contributed by atoms with Crippen LogP contribution in [-0.4, -0.2) is 43.1 Å². The lowest BCUT2D eigenvalue weighted by Gasteiger charge is -2.21. The first-order valence-corrected chi connectivity index (χ1v) is 7.19. The van der Waals surface area contributed by atoms with Gasteiger partial charge in [-0.2, -0.15) is 0 Å². The minimum absolute atomic E-state index is 0. The summed E-state index contributed by atoms with van der Waals surface area (Å²) in [5.74, 6) is 1.57. The molecule has 0 aliphatic carbocycles. The van der Waals surface area contributed by atoms with Crippen LogP contribution in [0.15, 0.2) is 23.3 Å². The molecule has 0 aliphatic heterocycles. The van der Waals surface area contributed by atoms with Crippen LogP contribution in [-0.2, 0) is 6.54 Å². The van der Waals surface area contributed by atoms with Gasteiger partial charge in [0.15, 0.2) is 5.96 Å². The predicted molar refractivity (Wildman–Crippen MR) is 98.6 cm³/mol. The smallest absolute Gasteiger partial charge is 0.213 e. The van der Waals surface area contributed by atoms with E-state index in [4.69, 9.17) is 4.74 Å². The number of guanidine groups is 1. The lowest BCUT2D eigenvalue weighted by atomic mass is 10.3. The molecule has 6 heteroatoms. The van der Waals surface area contributed by atoms with Crippen LogP contribution in [0.25, 0.3) is 0 Å². The molecule has 0 unspecified atom stereocenters. The number of pyridine rings is 1. The fourth-order valence-electron chi connectivity index (χ4n) is 1.80. The molecule has 0 aliphatic rings. The molecule has 5 nitrogen and oxygen atoms in total. The molecule has 0 saturated heterocycles. The standard InChI is InChI=1S/C15H26N4O.HI/c1-5-7-10-19(3)15(16-6-2)18-12-13-8-9-17-14(11-13)20-4;/h8-9,11H,5-7,10,12H2,1-4H3,(H,16,18);1H. The summed E-state index contributed by atoms with van der Waals surface area (Å²) in [5, 5.41) is 3.32. The second-order valence-corrected chi connectivity index (χ2v) is 4.65. The Balaban J connectivity index is 0.00000400. The van der Waals surface area contributed by atoms with E-state index in [1.54, 1.807) is 13.3 Å². The van der Waals surface area contributed by atoms with Crippen molar-refractivity contribution in [1.82, 2.24) is 15.2 Å². The first-order valence-electron chi connectivity index (χ1n) is 7.19. The van der Waals surface area contributed by atoms with E-state index in [2.05, 4.69) is 41.1 Å². The van der Waals surface area contributed by atoms with Gasteiger partial charge < -0.3 is 15.0 Å². The zero-order valence-electron chi connectivity index (χ0n) is 13.4. The number of ether oxygens (including phenoxy) is 1. The van der Waals surface area contributed by atoms with Crippen LogP contribution in [0.4, 0.5) is 0 Å². The molecule has 0 saturated carbocycles. The number of unbranched alkanes of at least 4 members (excludes halogenated alkanes) is 1. The summed E-state index contributed by atoms with van der Waals surface area (Å²) < 4.78 is 5.12. The molecule has 1 aromatic heterocycles. The van der Waals surface area contributed by atoms with Gasteiger partial charge in [0.05, 0.1) is 13.7 Å². The van der Waals surface area contributed by atoms with Crippen LogP contribution in [0.1, 0.15) is 32.3 Å². The molecule has 0 aromatic carbocycles. The Labute approximate surface area is 145 Å². The van der Waals surface area contributed by atoms with Crippen LogP contribution in [0.5, 0.6) is 5.88 Å². The van der Waals surface area contributed by atoms with Crippen molar-refractivity contribution in [3.05, 3.63) is 23.9 Å². The van der Waals surface area contributed by atoms with Crippen LogP contribution in [0.2, 0.25) is 0 Å². The summed E-state index contributed by atoms with van der Waals surface area (Å²) in [7, 11) is 3.70. The van der Waals surface area contributed by atoms with Gasteiger partial charge in [-0.3, -0.25) is 0 Å². The van der Waals surface area contributed by atoms with Gasteiger partial charge >= 0.3 is 0 Å². The SMILES string of the molecule is CCCCN(C)C(=NCc1ccnc(OC)c1)NCC.I. The zero-order chi connectivity index (χ0) is 14.8. The minimum atomic E-state index is 0. The Morgan fingerprint density at radius 1 is 1.43 bits per heavy atom. The van der Waals surface area contributed by atoms with E-state index in [0.29, 0.717) is 12.4 Å². The average molecular weight is 406 g/mol. The van der Waals surface area contributed by atoms with E-state index >= 15 is 0 Å². The first-order chi connectivity index (χ1) is 9.71. The lowest BCUT2D eigenvalue weighted by Crippen LogP contribution is -2.39. The molecule has 0 amide bonds. The van der Waals surface area contributed by atoms with Crippen LogP contribution in [0, 0.1) is 0 Å². The van der Waals surface area contributed by atoms with Crippen molar-refractivity contribution >= 4 is 29.9 Å². The normalized spacial score (nSPS) is 10.8. The van der Waals surface area contributed by atoms with Gasteiger partial charge in [-0.1, -0.05) is 13.3 Å². The maximum Gasteiger partial charge on any atom is 0.213 e. The van der Waals surface area contributed by atoms with Gasteiger partial charge in [0.2, 0.25) is 5.88 Å². The molecule has 1 aromatic rings. The number of rotatable bonds is 7. The van der Waals surface area contributed by atoms with Crippen molar-refractivity contribution in [2.45, 2.75) is 33.2 Å². The molecule has 0 spiro atoms. The Morgan fingerprint density at radius 2 is 2.19 bits per heavy atom. The second kappa shape index (κ2) is 11.6. The number of hydrogen-bond donors (Lipinski definition) is 1. The number of halogens is 1. The van der Waals surface area contributed by atoms with Gasteiger partial charge in [-0.25, -0.2) is 9.98 Å². The van der Waals surface area contributed by atoms with Crippen molar-refractivity contribution in [2.75, 3.05) is 27.2 Å². The number of aromatic nitrogens is 1. The monoisotopic (exact) mass is 406 g/mol. The molecular weight excluding hydrogens is 379 g/mol. The lowest BCUT2D eigenvalue weighted by molar-refractivity contribution is 0.397. The van der Waals surface area contributed by atoms with Crippen LogP contribution >= 0.6 is 24.0 Å². The highest BCUT2D eigenvalue weighted by molar-refractivity contribution is 14.0. The fraction of sp³-hybridized carbons (Fsp3) is 0.600. The Kier molecular flexibility index (Phi) is 11.0. The highest BCUT2D eigenvalue weighted by Gasteiger charge is 2.04. The van der Waals surface area contributed by atoms with Crippen molar-refractivity contribution < 1.29 is 4.74 Å². The van der Waals surface area contributed by atoms with Gasteiger partial charge in [-0.15, -0.1) is 24.0 Å². The topological polar surface area (TPSA) is 49.8 Å². The third-order valence-electron chi connectivity index (χ3n) is 2.96. The first kappa shape index (κ1) is 19.9. The van der Waals surface area contributed by atoms with Gasteiger partial charge in [0, 0.05) is 32.4 Å². The molecule has 1 rings (SSSR count). The minimum Gasteiger partial charge on any atom is -0.481 e. The number of nitrogens with zero attached hydrogens (tertiary/aromatic N) is 3. The average Bonchev–Trinajstić information content (AvgIpc) is 2.49. The highest BCUT2D eigenvalue weighted by Crippen LogP contribution is 2.09. The van der Waals surface area contributed by atoms with E-state index in [9.17, 15) is 0 Å². The summed E-state index contributed by atoms with van der Waals surface area (Å²) in [6.07, 6.45) is 4.10. The van der Waals surface area contributed by atoms with E-state index in [1.165, 1.54) is 12.8 Å². The molecule has 1 heterocycles. The van der Waals surface area contributed by atoms with Crippen molar-refractivity contribution in [3.8, 4) is 5.88 Å². The predicted octanol–water partition coefficient (Wildman–Crippen LogP) is 2.91. The number of hydrogen-bond acceptors (Lipinski definition) is 3. The summed E-state index contributed by atoms with van der Waals surface area (Å²) in [5.41, 5.74) is 1.09.